The van der Waals surface area contributed by atoms with Gasteiger partial charge in [-0.3, -0.25) is 25.1 Å². The van der Waals surface area contributed by atoms with Gasteiger partial charge in [0.05, 0.1) is 16.2 Å². The van der Waals surface area contributed by atoms with Crippen LogP contribution in [0.1, 0.15) is 11.3 Å². The molecule has 144 valence electrons. The molecule has 0 aliphatic carbocycles. The molecule has 2 heterocycles. The number of nitro groups is 1. The molecule has 3 aromatic rings. The van der Waals surface area contributed by atoms with Crippen molar-refractivity contribution in [2.24, 2.45) is 0 Å². The lowest BCUT2D eigenvalue weighted by Crippen LogP contribution is -2.35. The monoisotopic (exact) mass is 389 g/mol. The minimum Gasteiger partial charge on any atom is -0.456 e. The molecule has 8 heteroatoms. The summed E-state index contributed by atoms with van der Waals surface area (Å²) in [7, 11) is 0. The summed E-state index contributed by atoms with van der Waals surface area (Å²) in [5.41, 5.74) is 4.15. The van der Waals surface area contributed by atoms with Gasteiger partial charge in [0, 0.05) is 6.07 Å². The zero-order valence-corrected chi connectivity index (χ0v) is 15.3. The molecule has 0 bridgehead atoms. The van der Waals surface area contributed by atoms with Gasteiger partial charge in [-0.1, -0.05) is 24.3 Å². The van der Waals surface area contributed by atoms with Crippen LogP contribution in [0.25, 0.3) is 17.4 Å². The number of hydrogen-bond acceptors (Lipinski definition) is 5. The van der Waals surface area contributed by atoms with Gasteiger partial charge in [-0.25, -0.2) is 5.01 Å². The summed E-state index contributed by atoms with van der Waals surface area (Å²) in [6.07, 6.45) is 1.33. The van der Waals surface area contributed by atoms with Crippen molar-refractivity contribution >= 4 is 29.3 Å². The number of anilines is 1. The van der Waals surface area contributed by atoms with Gasteiger partial charge in [-0.15, -0.1) is 0 Å². The van der Waals surface area contributed by atoms with Gasteiger partial charge in [-0.2, -0.15) is 0 Å². The van der Waals surface area contributed by atoms with E-state index in [1.165, 1.54) is 17.2 Å². The molecule has 0 spiro atoms. The molecule has 1 N–H and O–H groups in total. The molecular weight excluding hydrogens is 374 g/mol. The van der Waals surface area contributed by atoms with Crippen molar-refractivity contribution in [3.63, 3.8) is 0 Å². The third kappa shape index (κ3) is 3.39. The second kappa shape index (κ2) is 7.08. The Morgan fingerprint density at radius 2 is 1.86 bits per heavy atom. The first-order valence-corrected chi connectivity index (χ1v) is 8.71. The lowest BCUT2D eigenvalue weighted by atomic mass is 10.1. The first-order chi connectivity index (χ1) is 13.9. The summed E-state index contributed by atoms with van der Waals surface area (Å²) in [6, 6.07) is 16.5. The van der Waals surface area contributed by atoms with Crippen LogP contribution < -0.4 is 10.4 Å². The number of hydrazine groups is 1. The predicted octanol–water partition coefficient (Wildman–Crippen LogP) is 3.62. The molecule has 0 saturated carbocycles. The molecule has 1 aliphatic rings. The van der Waals surface area contributed by atoms with E-state index in [1.807, 2.05) is 13.0 Å². The number of amides is 2. The number of carbonyl (C=O) groups excluding carboxylic acids is 2. The van der Waals surface area contributed by atoms with E-state index >= 15 is 0 Å². The van der Waals surface area contributed by atoms with Crippen LogP contribution in [0.4, 0.5) is 11.4 Å². The van der Waals surface area contributed by atoms with Gasteiger partial charge in [0.2, 0.25) is 0 Å². The molecule has 0 unspecified atom stereocenters. The topological polar surface area (TPSA) is 106 Å². The van der Waals surface area contributed by atoms with E-state index in [0.29, 0.717) is 11.3 Å². The summed E-state index contributed by atoms with van der Waals surface area (Å²) >= 11 is 0. The van der Waals surface area contributed by atoms with E-state index in [4.69, 9.17) is 4.42 Å². The van der Waals surface area contributed by atoms with Crippen LogP contribution in [-0.4, -0.2) is 16.7 Å². The van der Waals surface area contributed by atoms with E-state index in [2.05, 4.69) is 5.43 Å². The van der Waals surface area contributed by atoms with Crippen molar-refractivity contribution in [3.8, 4) is 11.3 Å². The van der Waals surface area contributed by atoms with E-state index < -0.39 is 16.7 Å². The molecular formula is C21H15N3O5. The molecule has 2 aromatic carbocycles. The number of rotatable bonds is 4. The molecule has 2 amide bonds. The van der Waals surface area contributed by atoms with Crippen molar-refractivity contribution < 1.29 is 18.9 Å². The van der Waals surface area contributed by atoms with Crippen LogP contribution in [0, 0.1) is 17.0 Å². The smallest absolute Gasteiger partial charge is 0.282 e. The van der Waals surface area contributed by atoms with E-state index in [-0.39, 0.29) is 22.8 Å². The predicted molar refractivity (Wildman–Crippen MR) is 106 cm³/mol. The number of carbonyl (C=O) groups is 2. The molecule has 29 heavy (non-hydrogen) atoms. The van der Waals surface area contributed by atoms with Crippen molar-refractivity contribution in [2.45, 2.75) is 6.92 Å². The van der Waals surface area contributed by atoms with Gasteiger partial charge in [-0.05, 0) is 48.9 Å². The van der Waals surface area contributed by atoms with Crippen molar-refractivity contribution in [1.82, 2.24) is 5.43 Å². The number of nitro benzene ring substituents is 1. The molecule has 1 saturated heterocycles. The Morgan fingerprint density at radius 3 is 2.62 bits per heavy atom. The maximum atomic E-state index is 12.7. The highest BCUT2D eigenvalue weighted by Gasteiger charge is 2.34. The first kappa shape index (κ1) is 18.2. The normalized spacial score (nSPS) is 15.1. The fourth-order valence-corrected chi connectivity index (χ4v) is 3.06. The zero-order chi connectivity index (χ0) is 20.5. The summed E-state index contributed by atoms with van der Waals surface area (Å²) in [4.78, 5) is 35.7. The summed E-state index contributed by atoms with van der Waals surface area (Å²) in [5.74, 6) is -0.558. The summed E-state index contributed by atoms with van der Waals surface area (Å²) in [5, 5.41) is 12.4. The number of benzene rings is 2. The number of hydrogen-bond donors (Lipinski definition) is 1. The highest BCUT2D eigenvalue weighted by molar-refractivity contribution is 6.31. The number of furan rings is 1. The highest BCUT2D eigenvalue weighted by Crippen LogP contribution is 2.32. The maximum absolute atomic E-state index is 12.7. The minimum atomic E-state index is -0.555. The molecule has 8 nitrogen and oxygen atoms in total. The average molecular weight is 389 g/mol. The van der Waals surface area contributed by atoms with Crippen LogP contribution in [0.3, 0.4) is 0 Å². The number of para-hydroxylation sites is 1. The lowest BCUT2D eigenvalue weighted by molar-refractivity contribution is -0.384. The highest BCUT2D eigenvalue weighted by atomic mass is 16.6. The van der Waals surface area contributed by atoms with Crippen molar-refractivity contribution in [3.05, 3.63) is 87.7 Å². The van der Waals surface area contributed by atoms with E-state index in [1.54, 1.807) is 48.5 Å². The Kier molecular flexibility index (Phi) is 4.44. The fraction of sp³-hybridized carbons (Fsp3) is 0.0476. The van der Waals surface area contributed by atoms with E-state index in [0.717, 1.165) is 5.56 Å². The summed E-state index contributed by atoms with van der Waals surface area (Å²) < 4.78 is 5.65. The SMILES string of the molecule is Cc1cccc(N2NC(=O)/C(=C/c3ccc(-c4ccccc4[N+](=O)[O-])o3)C2=O)c1. The third-order valence-corrected chi connectivity index (χ3v) is 4.43. The Morgan fingerprint density at radius 1 is 1.07 bits per heavy atom. The lowest BCUT2D eigenvalue weighted by Gasteiger charge is -2.14. The number of nitrogens with zero attached hydrogens (tertiary/aromatic N) is 2. The number of aryl methyl sites for hydroxylation is 1. The fourth-order valence-electron chi connectivity index (χ4n) is 3.06. The Bertz CT molecular complexity index is 1180. The Labute approximate surface area is 165 Å². The van der Waals surface area contributed by atoms with Crippen molar-refractivity contribution in [1.29, 1.82) is 0 Å². The minimum absolute atomic E-state index is 0.0880. The second-order valence-corrected chi connectivity index (χ2v) is 6.45. The largest absolute Gasteiger partial charge is 0.456 e. The second-order valence-electron chi connectivity index (χ2n) is 6.45. The van der Waals surface area contributed by atoms with Gasteiger partial charge in [0.15, 0.2) is 0 Å². The Hall–Kier alpha value is -4.20. The molecule has 0 atom stereocenters. The Balaban J connectivity index is 1.65. The van der Waals surface area contributed by atoms with Crippen LogP contribution >= 0.6 is 0 Å². The molecule has 1 aromatic heterocycles. The standard InChI is InChI=1S/C21H15N3O5/c1-13-5-4-6-14(11-13)23-21(26)17(20(25)22-23)12-15-9-10-19(29-15)16-7-2-3-8-18(16)24(27)28/h2-12H,1H3,(H,22,25)/b17-12-. The zero-order valence-electron chi connectivity index (χ0n) is 15.3. The third-order valence-electron chi connectivity index (χ3n) is 4.43. The molecule has 4 rings (SSSR count). The van der Waals surface area contributed by atoms with Gasteiger partial charge in [0.25, 0.3) is 17.5 Å². The van der Waals surface area contributed by atoms with Gasteiger partial charge in [0.1, 0.15) is 17.1 Å². The maximum Gasteiger partial charge on any atom is 0.282 e. The van der Waals surface area contributed by atoms with Crippen LogP contribution in [0.5, 0.6) is 0 Å². The molecule has 1 aliphatic heterocycles. The van der Waals surface area contributed by atoms with Gasteiger partial charge < -0.3 is 4.42 Å². The van der Waals surface area contributed by atoms with Crippen LogP contribution in [0.15, 0.2) is 70.7 Å². The number of nitrogens with one attached hydrogen (secondary N) is 1. The van der Waals surface area contributed by atoms with Crippen LogP contribution in [-0.2, 0) is 9.59 Å². The van der Waals surface area contributed by atoms with Crippen LogP contribution in [0.2, 0.25) is 0 Å². The summed E-state index contributed by atoms with van der Waals surface area (Å²) in [6.45, 7) is 1.88. The van der Waals surface area contributed by atoms with Crippen molar-refractivity contribution in [2.75, 3.05) is 5.01 Å². The first-order valence-electron chi connectivity index (χ1n) is 8.71. The van der Waals surface area contributed by atoms with Gasteiger partial charge >= 0.3 is 0 Å². The quantitative estimate of drug-likeness (QED) is 0.317. The van der Waals surface area contributed by atoms with E-state index in [9.17, 15) is 19.7 Å². The molecule has 1 fully saturated rings. The average Bonchev–Trinajstić information content (AvgIpc) is 3.28. The molecule has 0 radical (unpaired) electrons.